The SMILES string of the molecule is Nc1nc2cc(-c3ccn[nH]3)ccc2c2[nH]c(CN3C[C@H]4CC[C@@H](C3)O4)cc12. The number of aromatic nitrogens is 4. The molecule has 0 radical (unpaired) electrons. The minimum Gasteiger partial charge on any atom is -0.383 e. The van der Waals surface area contributed by atoms with Gasteiger partial charge in [-0.15, -0.1) is 0 Å². The van der Waals surface area contributed by atoms with Gasteiger partial charge in [-0.3, -0.25) is 10.00 Å². The maximum absolute atomic E-state index is 6.31. The molecule has 28 heavy (non-hydrogen) atoms. The number of nitrogens with one attached hydrogen (secondary N) is 2. The second-order valence-electron chi connectivity index (χ2n) is 7.93. The first-order valence-corrected chi connectivity index (χ1v) is 9.81. The summed E-state index contributed by atoms with van der Waals surface area (Å²) in [6.45, 7) is 2.90. The fourth-order valence-electron chi connectivity index (χ4n) is 4.69. The molecule has 0 saturated carbocycles. The molecule has 7 heteroatoms. The molecule has 5 heterocycles. The van der Waals surface area contributed by atoms with Gasteiger partial charge in [0.05, 0.1) is 28.9 Å². The molecule has 2 bridgehead atoms. The first-order valence-electron chi connectivity index (χ1n) is 9.81. The van der Waals surface area contributed by atoms with Crippen molar-refractivity contribution in [1.82, 2.24) is 25.1 Å². The zero-order chi connectivity index (χ0) is 18.7. The number of nitrogens with two attached hydrogens (primary N) is 1. The normalized spacial score (nSPS) is 22.4. The van der Waals surface area contributed by atoms with E-state index in [0.717, 1.165) is 52.7 Å². The molecule has 7 nitrogen and oxygen atoms in total. The van der Waals surface area contributed by atoms with Crippen molar-refractivity contribution in [2.24, 2.45) is 0 Å². The van der Waals surface area contributed by atoms with E-state index in [9.17, 15) is 0 Å². The Kier molecular flexibility index (Phi) is 3.48. The van der Waals surface area contributed by atoms with Crippen LogP contribution in [-0.4, -0.2) is 50.4 Å². The summed E-state index contributed by atoms with van der Waals surface area (Å²) < 4.78 is 5.95. The standard InChI is InChI=1S/C21H22N6O/c22-21-17-8-13(9-27-10-14-2-3-15(11-27)28-14)24-20(17)16-4-1-12(7-19(16)25-21)18-5-6-23-26-18/h1,4-8,14-15,24H,2-3,9-11H2,(H2,22,25)(H,23,26)/t14-,15+. The maximum atomic E-state index is 6.31. The summed E-state index contributed by atoms with van der Waals surface area (Å²) in [6.07, 6.45) is 4.93. The Balaban J connectivity index is 1.38. The van der Waals surface area contributed by atoms with Crippen molar-refractivity contribution in [3.8, 4) is 11.3 Å². The van der Waals surface area contributed by atoms with Gasteiger partial charge in [0.15, 0.2) is 0 Å². The number of H-pyrrole nitrogens is 2. The average molecular weight is 374 g/mol. The predicted molar refractivity (Wildman–Crippen MR) is 109 cm³/mol. The molecular weight excluding hydrogens is 352 g/mol. The van der Waals surface area contributed by atoms with E-state index in [-0.39, 0.29) is 0 Å². The van der Waals surface area contributed by atoms with E-state index in [1.54, 1.807) is 6.20 Å². The van der Waals surface area contributed by atoms with Gasteiger partial charge in [0.2, 0.25) is 0 Å². The number of rotatable bonds is 3. The van der Waals surface area contributed by atoms with Crippen LogP contribution in [0.25, 0.3) is 33.1 Å². The molecule has 0 spiro atoms. The highest BCUT2D eigenvalue weighted by Crippen LogP contribution is 2.32. The number of aromatic amines is 2. The summed E-state index contributed by atoms with van der Waals surface area (Å²) in [5.41, 5.74) is 11.4. The van der Waals surface area contributed by atoms with Crippen LogP contribution in [0.2, 0.25) is 0 Å². The molecule has 2 saturated heterocycles. The van der Waals surface area contributed by atoms with Crippen molar-refractivity contribution < 1.29 is 4.74 Å². The van der Waals surface area contributed by atoms with Crippen LogP contribution in [-0.2, 0) is 11.3 Å². The van der Waals surface area contributed by atoms with Crippen molar-refractivity contribution in [3.63, 3.8) is 0 Å². The zero-order valence-corrected chi connectivity index (χ0v) is 15.5. The van der Waals surface area contributed by atoms with Gasteiger partial charge in [-0.2, -0.15) is 5.10 Å². The van der Waals surface area contributed by atoms with Gasteiger partial charge in [-0.05, 0) is 31.0 Å². The van der Waals surface area contributed by atoms with E-state index in [1.807, 2.05) is 6.07 Å². The number of anilines is 1. The number of likely N-dealkylation sites (tertiary alicyclic amines) is 1. The number of morpholine rings is 1. The summed E-state index contributed by atoms with van der Waals surface area (Å²) in [7, 11) is 0. The molecule has 1 aromatic carbocycles. The second-order valence-corrected chi connectivity index (χ2v) is 7.93. The molecule has 2 aliphatic heterocycles. The fourth-order valence-corrected chi connectivity index (χ4v) is 4.69. The molecule has 2 aliphatic rings. The summed E-state index contributed by atoms with van der Waals surface area (Å²) in [4.78, 5) is 10.8. The van der Waals surface area contributed by atoms with E-state index in [0.29, 0.717) is 18.0 Å². The van der Waals surface area contributed by atoms with Gasteiger partial charge in [0.1, 0.15) is 5.82 Å². The van der Waals surface area contributed by atoms with Gasteiger partial charge in [0.25, 0.3) is 0 Å². The third-order valence-corrected chi connectivity index (χ3v) is 5.98. The van der Waals surface area contributed by atoms with Crippen LogP contribution in [0.4, 0.5) is 5.82 Å². The monoisotopic (exact) mass is 374 g/mol. The first-order chi connectivity index (χ1) is 13.7. The Labute approximate surface area is 161 Å². The third kappa shape index (κ3) is 2.58. The number of pyridine rings is 1. The molecule has 4 aromatic rings. The lowest BCUT2D eigenvalue weighted by Crippen LogP contribution is -2.42. The Bertz CT molecular complexity index is 1150. The lowest BCUT2D eigenvalue weighted by atomic mass is 10.1. The molecule has 0 aliphatic carbocycles. The predicted octanol–water partition coefficient (Wildman–Crippen LogP) is 3.05. The highest BCUT2D eigenvalue weighted by Gasteiger charge is 2.33. The average Bonchev–Trinajstić information content (AvgIpc) is 3.42. The third-order valence-electron chi connectivity index (χ3n) is 5.98. The summed E-state index contributed by atoms with van der Waals surface area (Å²) >= 11 is 0. The number of fused-ring (bicyclic) bond motifs is 5. The quantitative estimate of drug-likeness (QED) is 0.512. The molecule has 4 N–H and O–H groups in total. The van der Waals surface area contributed by atoms with E-state index < -0.39 is 0 Å². The van der Waals surface area contributed by atoms with Gasteiger partial charge in [-0.25, -0.2) is 4.98 Å². The van der Waals surface area contributed by atoms with Gasteiger partial charge < -0.3 is 15.5 Å². The highest BCUT2D eigenvalue weighted by molar-refractivity contribution is 6.08. The Morgan fingerprint density at radius 3 is 2.75 bits per heavy atom. The lowest BCUT2D eigenvalue weighted by Gasteiger charge is -2.31. The van der Waals surface area contributed by atoms with Crippen molar-refractivity contribution in [1.29, 1.82) is 0 Å². The Hall–Kier alpha value is -2.90. The van der Waals surface area contributed by atoms with Gasteiger partial charge in [0, 0.05) is 47.9 Å². The number of ether oxygens (including phenoxy) is 1. The smallest absolute Gasteiger partial charge is 0.133 e. The number of nitrogens with zero attached hydrogens (tertiary/aromatic N) is 3. The Morgan fingerprint density at radius 1 is 1.11 bits per heavy atom. The van der Waals surface area contributed by atoms with Crippen molar-refractivity contribution in [2.75, 3.05) is 18.8 Å². The minimum atomic E-state index is 0.400. The zero-order valence-electron chi connectivity index (χ0n) is 15.5. The molecule has 0 amide bonds. The number of hydrogen-bond donors (Lipinski definition) is 3. The summed E-state index contributed by atoms with van der Waals surface area (Å²) in [5.74, 6) is 0.564. The van der Waals surface area contributed by atoms with E-state index in [4.69, 9.17) is 10.5 Å². The van der Waals surface area contributed by atoms with Crippen LogP contribution in [0, 0.1) is 0 Å². The van der Waals surface area contributed by atoms with Crippen LogP contribution in [0.5, 0.6) is 0 Å². The molecular formula is C21H22N6O. The van der Waals surface area contributed by atoms with E-state index >= 15 is 0 Å². The van der Waals surface area contributed by atoms with Crippen LogP contribution >= 0.6 is 0 Å². The largest absolute Gasteiger partial charge is 0.383 e. The van der Waals surface area contributed by atoms with Crippen LogP contribution in [0.1, 0.15) is 18.5 Å². The van der Waals surface area contributed by atoms with Gasteiger partial charge in [-0.1, -0.05) is 12.1 Å². The molecule has 2 fully saturated rings. The lowest BCUT2D eigenvalue weighted by molar-refractivity contribution is -0.0413. The van der Waals surface area contributed by atoms with Gasteiger partial charge >= 0.3 is 0 Å². The topological polar surface area (TPSA) is 95.8 Å². The summed E-state index contributed by atoms with van der Waals surface area (Å²) in [5, 5.41) is 9.11. The maximum Gasteiger partial charge on any atom is 0.133 e. The number of hydrogen-bond acceptors (Lipinski definition) is 5. The van der Waals surface area contributed by atoms with Crippen LogP contribution in [0.3, 0.4) is 0 Å². The van der Waals surface area contributed by atoms with Crippen molar-refractivity contribution in [3.05, 3.63) is 42.2 Å². The highest BCUT2D eigenvalue weighted by atomic mass is 16.5. The van der Waals surface area contributed by atoms with Crippen LogP contribution in [0.15, 0.2) is 36.5 Å². The second kappa shape index (κ2) is 6.05. The van der Waals surface area contributed by atoms with Crippen LogP contribution < -0.4 is 5.73 Å². The molecule has 6 rings (SSSR count). The summed E-state index contributed by atoms with van der Waals surface area (Å²) in [6, 6.07) is 10.4. The molecule has 142 valence electrons. The van der Waals surface area contributed by atoms with E-state index in [2.05, 4.69) is 49.3 Å². The molecule has 2 atom stereocenters. The number of nitrogen functional groups attached to an aromatic ring is 1. The van der Waals surface area contributed by atoms with E-state index in [1.165, 1.54) is 18.5 Å². The minimum absolute atomic E-state index is 0.400. The Morgan fingerprint density at radius 2 is 1.96 bits per heavy atom. The molecule has 3 aromatic heterocycles. The fraction of sp³-hybridized carbons (Fsp3) is 0.333. The molecule has 0 unspecified atom stereocenters. The number of benzene rings is 1. The first kappa shape index (κ1) is 16.1. The van der Waals surface area contributed by atoms with Crippen molar-refractivity contribution in [2.45, 2.75) is 31.6 Å². The van der Waals surface area contributed by atoms with Crippen molar-refractivity contribution >= 4 is 27.6 Å².